The van der Waals surface area contributed by atoms with Gasteiger partial charge in [0.1, 0.15) is 4.90 Å². The first kappa shape index (κ1) is 14.0. The Morgan fingerprint density at radius 1 is 1.32 bits per heavy atom. The number of hydrogen-bond acceptors (Lipinski definition) is 4. The van der Waals surface area contributed by atoms with Crippen molar-refractivity contribution in [2.45, 2.75) is 24.8 Å². The van der Waals surface area contributed by atoms with E-state index >= 15 is 0 Å². The molecule has 0 bridgehead atoms. The van der Waals surface area contributed by atoms with Gasteiger partial charge >= 0.3 is 0 Å². The van der Waals surface area contributed by atoms with Crippen LogP contribution in [0.1, 0.15) is 24.1 Å². The van der Waals surface area contributed by atoms with E-state index in [0.29, 0.717) is 0 Å². The van der Waals surface area contributed by atoms with E-state index in [2.05, 4.69) is 4.72 Å². The molecule has 1 aromatic heterocycles. The summed E-state index contributed by atoms with van der Waals surface area (Å²) in [7, 11) is -3.60. The highest BCUT2D eigenvalue weighted by Gasteiger charge is 2.20. The van der Waals surface area contributed by atoms with Crippen LogP contribution in [0.15, 0.2) is 39.9 Å². The van der Waals surface area contributed by atoms with E-state index in [1.54, 1.807) is 12.1 Å². The van der Waals surface area contributed by atoms with Gasteiger partial charge in [-0.2, -0.15) is 11.3 Å². The van der Waals surface area contributed by atoms with Crippen molar-refractivity contribution >= 4 is 27.0 Å². The summed E-state index contributed by atoms with van der Waals surface area (Å²) in [6.07, 6.45) is 0. The zero-order chi connectivity index (χ0) is 14.0. The Morgan fingerprint density at radius 3 is 2.63 bits per heavy atom. The SMILES string of the molecule is Cc1ccc(S(=O)(=O)NC(C)c2ccsc2)c(N)c1. The molecule has 0 saturated carbocycles. The Hall–Kier alpha value is -1.37. The van der Waals surface area contributed by atoms with Crippen LogP contribution >= 0.6 is 11.3 Å². The average Bonchev–Trinajstić information content (AvgIpc) is 2.80. The average molecular weight is 296 g/mol. The summed E-state index contributed by atoms with van der Waals surface area (Å²) < 4.78 is 27.2. The van der Waals surface area contributed by atoms with Crippen LogP contribution in [0.2, 0.25) is 0 Å². The highest BCUT2D eigenvalue weighted by Crippen LogP contribution is 2.23. The van der Waals surface area contributed by atoms with E-state index in [1.165, 1.54) is 17.4 Å². The normalized spacial score (nSPS) is 13.4. The van der Waals surface area contributed by atoms with Crippen LogP contribution in [0.3, 0.4) is 0 Å². The maximum atomic E-state index is 12.3. The Bertz CT molecular complexity index is 664. The van der Waals surface area contributed by atoms with Crippen molar-refractivity contribution in [3.05, 3.63) is 46.2 Å². The molecule has 0 aliphatic heterocycles. The van der Waals surface area contributed by atoms with E-state index in [1.807, 2.05) is 30.7 Å². The molecule has 102 valence electrons. The Labute approximate surface area is 117 Å². The molecule has 0 aliphatic carbocycles. The largest absolute Gasteiger partial charge is 0.398 e. The topological polar surface area (TPSA) is 72.2 Å². The minimum Gasteiger partial charge on any atom is -0.398 e. The molecular formula is C13H16N2O2S2. The van der Waals surface area contributed by atoms with E-state index in [9.17, 15) is 8.42 Å². The number of nitrogens with two attached hydrogens (primary N) is 1. The van der Waals surface area contributed by atoms with Gasteiger partial charge in [0.25, 0.3) is 0 Å². The van der Waals surface area contributed by atoms with Crippen LogP contribution in [0.4, 0.5) is 5.69 Å². The standard InChI is InChI=1S/C13H16N2O2S2/c1-9-3-4-13(12(14)7-9)19(16,17)15-10(2)11-5-6-18-8-11/h3-8,10,15H,14H2,1-2H3. The second-order valence-electron chi connectivity index (χ2n) is 4.44. The van der Waals surface area contributed by atoms with Crippen molar-refractivity contribution in [1.29, 1.82) is 0 Å². The maximum absolute atomic E-state index is 12.3. The van der Waals surface area contributed by atoms with Crippen molar-refractivity contribution < 1.29 is 8.42 Å². The molecule has 0 fully saturated rings. The van der Waals surface area contributed by atoms with Gasteiger partial charge in [-0.05, 0) is 53.9 Å². The summed E-state index contributed by atoms with van der Waals surface area (Å²) in [5.41, 5.74) is 7.93. The fourth-order valence-corrected chi connectivity index (χ4v) is 3.90. The van der Waals surface area contributed by atoms with Gasteiger partial charge in [-0.3, -0.25) is 0 Å². The molecule has 1 heterocycles. The van der Waals surface area contributed by atoms with Gasteiger partial charge in [-0.25, -0.2) is 13.1 Å². The van der Waals surface area contributed by atoms with Gasteiger partial charge < -0.3 is 5.73 Å². The molecule has 4 nitrogen and oxygen atoms in total. The van der Waals surface area contributed by atoms with Gasteiger partial charge in [0.15, 0.2) is 0 Å². The highest BCUT2D eigenvalue weighted by molar-refractivity contribution is 7.89. The summed E-state index contributed by atoms with van der Waals surface area (Å²) in [6, 6.07) is 6.55. The quantitative estimate of drug-likeness (QED) is 0.852. The predicted molar refractivity (Wildman–Crippen MR) is 78.6 cm³/mol. The molecule has 19 heavy (non-hydrogen) atoms. The third-order valence-corrected chi connectivity index (χ3v) is 5.15. The molecule has 3 N–H and O–H groups in total. The molecule has 0 amide bonds. The monoisotopic (exact) mass is 296 g/mol. The van der Waals surface area contributed by atoms with E-state index in [4.69, 9.17) is 5.73 Å². The van der Waals surface area contributed by atoms with Crippen LogP contribution in [0.25, 0.3) is 0 Å². The number of rotatable bonds is 4. The summed E-state index contributed by atoms with van der Waals surface area (Å²) in [4.78, 5) is 0.125. The number of benzene rings is 1. The Kier molecular flexibility index (Phi) is 3.93. The van der Waals surface area contributed by atoms with Gasteiger partial charge in [-0.15, -0.1) is 0 Å². The Morgan fingerprint density at radius 2 is 2.05 bits per heavy atom. The summed E-state index contributed by atoms with van der Waals surface area (Å²) in [5.74, 6) is 0. The van der Waals surface area contributed by atoms with Crippen molar-refractivity contribution in [3.63, 3.8) is 0 Å². The van der Waals surface area contributed by atoms with Crippen molar-refractivity contribution in [2.24, 2.45) is 0 Å². The lowest BCUT2D eigenvalue weighted by Gasteiger charge is -2.14. The van der Waals surface area contributed by atoms with E-state index in [-0.39, 0.29) is 16.6 Å². The molecule has 1 unspecified atom stereocenters. The first-order chi connectivity index (χ1) is 8.90. The molecule has 0 aliphatic rings. The number of nitrogen functional groups attached to an aromatic ring is 1. The highest BCUT2D eigenvalue weighted by atomic mass is 32.2. The zero-order valence-electron chi connectivity index (χ0n) is 10.8. The summed E-state index contributed by atoms with van der Waals surface area (Å²) in [6.45, 7) is 3.68. The first-order valence-corrected chi connectivity index (χ1v) is 8.23. The molecule has 0 saturated heterocycles. The lowest BCUT2D eigenvalue weighted by molar-refractivity contribution is 0.567. The zero-order valence-corrected chi connectivity index (χ0v) is 12.4. The minimum absolute atomic E-state index is 0.125. The van der Waals surface area contributed by atoms with Crippen molar-refractivity contribution in [3.8, 4) is 0 Å². The minimum atomic E-state index is -3.60. The third-order valence-electron chi connectivity index (χ3n) is 2.83. The van der Waals surface area contributed by atoms with Crippen molar-refractivity contribution in [2.75, 3.05) is 5.73 Å². The fourth-order valence-electron chi connectivity index (χ4n) is 1.80. The Balaban J connectivity index is 2.28. The summed E-state index contributed by atoms with van der Waals surface area (Å²) in [5, 5.41) is 3.84. The smallest absolute Gasteiger partial charge is 0.243 e. The van der Waals surface area contributed by atoms with Gasteiger partial charge in [0, 0.05) is 6.04 Å². The van der Waals surface area contributed by atoms with Gasteiger partial charge in [0.05, 0.1) is 5.69 Å². The van der Waals surface area contributed by atoms with Crippen LogP contribution in [0.5, 0.6) is 0 Å². The second kappa shape index (κ2) is 5.32. The van der Waals surface area contributed by atoms with Crippen LogP contribution in [0, 0.1) is 6.92 Å². The molecule has 1 aromatic carbocycles. The molecule has 2 rings (SSSR count). The maximum Gasteiger partial charge on any atom is 0.243 e. The molecule has 2 aromatic rings. The number of aryl methyl sites for hydroxylation is 1. The molecule has 0 spiro atoms. The number of nitrogens with one attached hydrogen (secondary N) is 1. The van der Waals surface area contributed by atoms with Crippen LogP contribution in [-0.4, -0.2) is 8.42 Å². The fraction of sp³-hybridized carbons (Fsp3) is 0.231. The van der Waals surface area contributed by atoms with Gasteiger partial charge in [-0.1, -0.05) is 6.07 Å². The molecule has 6 heteroatoms. The molecule has 0 radical (unpaired) electrons. The number of sulfonamides is 1. The lowest BCUT2D eigenvalue weighted by Crippen LogP contribution is -2.27. The molecule has 1 atom stereocenters. The van der Waals surface area contributed by atoms with Crippen LogP contribution in [-0.2, 0) is 10.0 Å². The first-order valence-electron chi connectivity index (χ1n) is 5.81. The number of thiophene rings is 1. The lowest BCUT2D eigenvalue weighted by atomic mass is 10.2. The number of anilines is 1. The van der Waals surface area contributed by atoms with Crippen LogP contribution < -0.4 is 10.5 Å². The number of hydrogen-bond donors (Lipinski definition) is 2. The van der Waals surface area contributed by atoms with E-state index < -0.39 is 10.0 Å². The molecular weight excluding hydrogens is 280 g/mol. The summed E-state index contributed by atoms with van der Waals surface area (Å²) >= 11 is 1.54. The predicted octanol–water partition coefficient (Wildman–Crippen LogP) is 2.68. The van der Waals surface area contributed by atoms with E-state index in [0.717, 1.165) is 11.1 Å². The van der Waals surface area contributed by atoms with Gasteiger partial charge in [0.2, 0.25) is 10.0 Å². The third kappa shape index (κ3) is 3.15. The second-order valence-corrected chi connectivity index (χ2v) is 6.90. The van der Waals surface area contributed by atoms with Crippen molar-refractivity contribution in [1.82, 2.24) is 4.72 Å².